The molecule has 4 N–H and O–H groups in total. The standard InChI is InChI=1S/C11H16N2O6S/c1-6-8(4-7(19-6)10(15)16)20(17,18)13-11(2,3)5-9(12)14/h4,13H,5H2,1-3H3,(H2,12,14)(H,15,16). The highest BCUT2D eigenvalue weighted by Gasteiger charge is 2.31. The van der Waals surface area contributed by atoms with Crippen molar-refractivity contribution in [3.8, 4) is 0 Å². The fourth-order valence-electron chi connectivity index (χ4n) is 1.73. The molecular weight excluding hydrogens is 288 g/mol. The van der Waals surface area contributed by atoms with Crippen molar-refractivity contribution >= 4 is 21.9 Å². The molecule has 1 aromatic heterocycles. The Morgan fingerprint density at radius 3 is 2.40 bits per heavy atom. The van der Waals surface area contributed by atoms with Crippen LogP contribution in [0.5, 0.6) is 0 Å². The molecule has 1 rings (SSSR count). The summed E-state index contributed by atoms with van der Waals surface area (Å²) in [6, 6.07) is 0.917. The molecule has 20 heavy (non-hydrogen) atoms. The number of carboxylic acids is 1. The second-order valence-electron chi connectivity index (χ2n) is 4.97. The van der Waals surface area contributed by atoms with E-state index in [2.05, 4.69) is 4.72 Å². The van der Waals surface area contributed by atoms with Gasteiger partial charge in [0.05, 0.1) is 0 Å². The maximum Gasteiger partial charge on any atom is 0.371 e. The molecule has 8 nitrogen and oxygen atoms in total. The van der Waals surface area contributed by atoms with Gasteiger partial charge in [0.15, 0.2) is 0 Å². The second-order valence-corrected chi connectivity index (χ2v) is 6.62. The highest BCUT2D eigenvalue weighted by atomic mass is 32.2. The van der Waals surface area contributed by atoms with Gasteiger partial charge in [-0.05, 0) is 20.8 Å². The van der Waals surface area contributed by atoms with E-state index in [1.807, 2.05) is 0 Å². The number of amides is 1. The average Bonchev–Trinajstić information content (AvgIpc) is 2.56. The summed E-state index contributed by atoms with van der Waals surface area (Å²) in [4.78, 5) is 21.4. The minimum atomic E-state index is -4.02. The van der Waals surface area contributed by atoms with Gasteiger partial charge in [-0.2, -0.15) is 0 Å². The van der Waals surface area contributed by atoms with E-state index in [0.717, 1.165) is 6.07 Å². The number of nitrogens with one attached hydrogen (secondary N) is 1. The van der Waals surface area contributed by atoms with Crippen LogP contribution in [-0.4, -0.2) is 30.9 Å². The Hall–Kier alpha value is -1.87. The molecule has 1 amide bonds. The first-order valence-corrected chi connectivity index (χ1v) is 7.09. The second kappa shape index (κ2) is 5.25. The monoisotopic (exact) mass is 304 g/mol. The van der Waals surface area contributed by atoms with Gasteiger partial charge in [0.1, 0.15) is 10.7 Å². The Balaban J connectivity index is 3.11. The van der Waals surface area contributed by atoms with Crippen LogP contribution in [-0.2, 0) is 14.8 Å². The number of carboxylic acid groups (broad SMARTS) is 1. The Kier molecular flexibility index (Phi) is 4.25. The van der Waals surface area contributed by atoms with Gasteiger partial charge in [-0.1, -0.05) is 0 Å². The summed E-state index contributed by atoms with van der Waals surface area (Å²) in [6.45, 7) is 4.31. The molecule has 0 aliphatic heterocycles. The normalized spacial score (nSPS) is 12.3. The molecular formula is C11H16N2O6S. The zero-order chi connectivity index (χ0) is 15.7. The third-order valence-electron chi connectivity index (χ3n) is 2.40. The lowest BCUT2D eigenvalue weighted by Gasteiger charge is -2.24. The fraction of sp³-hybridized carbons (Fsp3) is 0.455. The van der Waals surface area contributed by atoms with Gasteiger partial charge >= 0.3 is 5.97 Å². The van der Waals surface area contributed by atoms with E-state index in [1.165, 1.54) is 20.8 Å². The van der Waals surface area contributed by atoms with Crippen LogP contribution in [0.4, 0.5) is 0 Å². The number of carbonyl (C=O) groups excluding carboxylic acids is 1. The Labute approximate surface area is 116 Å². The van der Waals surface area contributed by atoms with Gasteiger partial charge in [-0.3, -0.25) is 4.79 Å². The molecule has 0 aliphatic carbocycles. The van der Waals surface area contributed by atoms with Crippen molar-refractivity contribution in [1.82, 2.24) is 4.72 Å². The van der Waals surface area contributed by atoms with E-state index >= 15 is 0 Å². The molecule has 0 bridgehead atoms. The SMILES string of the molecule is Cc1oc(C(=O)O)cc1S(=O)(=O)NC(C)(C)CC(N)=O. The Morgan fingerprint density at radius 2 is 2.00 bits per heavy atom. The van der Waals surface area contributed by atoms with Crippen LogP contribution >= 0.6 is 0 Å². The first-order valence-electron chi connectivity index (χ1n) is 5.60. The quantitative estimate of drug-likeness (QED) is 0.686. The number of carbonyl (C=O) groups is 2. The van der Waals surface area contributed by atoms with Crippen LogP contribution in [0.3, 0.4) is 0 Å². The number of aryl methyl sites for hydroxylation is 1. The first-order chi connectivity index (χ1) is 8.94. The summed E-state index contributed by atoms with van der Waals surface area (Å²) in [5.41, 5.74) is 3.94. The maximum atomic E-state index is 12.2. The number of rotatable bonds is 6. The van der Waals surface area contributed by atoms with E-state index in [-0.39, 0.29) is 17.1 Å². The van der Waals surface area contributed by atoms with Crippen molar-refractivity contribution in [3.05, 3.63) is 17.6 Å². The lowest BCUT2D eigenvalue weighted by atomic mass is 10.0. The first kappa shape index (κ1) is 16.2. The topological polar surface area (TPSA) is 140 Å². The van der Waals surface area contributed by atoms with E-state index in [0.29, 0.717) is 0 Å². The number of sulfonamides is 1. The molecule has 0 saturated carbocycles. The molecule has 1 heterocycles. The number of hydrogen-bond acceptors (Lipinski definition) is 5. The third-order valence-corrected chi connectivity index (χ3v) is 4.21. The average molecular weight is 304 g/mol. The summed E-state index contributed by atoms with van der Waals surface area (Å²) in [5, 5.41) is 8.77. The van der Waals surface area contributed by atoms with Crippen molar-refractivity contribution in [1.29, 1.82) is 0 Å². The minimum Gasteiger partial charge on any atom is -0.475 e. The largest absolute Gasteiger partial charge is 0.475 e. The highest BCUT2D eigenvalue weighted by Crippen LogP contribution is 2.22. The fourth-order valence-corrected chi connectivity index (χ4v) is 3.32. The molecule has 0 unspecified atom stereocenters. The molecule has 0 spiro atoms. The molecule has 112 valence electrons. The van der Waals surface area contributed by atoms with Crippen molar-refractivity contribution in [2.45, 2.75) is 37.6 Å². The summed E-state index contributed by atoms with van der Waals surface area (Å²) in [5.74, 6) is -2.56. The van der Waals surface area contributed by atoms with Gasteiger partial charge in [-0.25, -0.2) is 17.9 Å². The molecule has 0 fully saturated rings. The summed E-state index contributed by atoms with van der Waals surface area (Å²) in [7, 11) is -4.02. The zero-order valence-corrected chi connectivity index (χ0v) is 12.1. The van der Waals surface area contributed by atoms with Crippen molar-refractivity contribution in [3.63, 3.8) is 0 Å². The molecule has 0 aliphatic rings. The molecule has 9 heteroatoms. The number of hydrogen-bond donors (Lipinski definition) is 3. The molecule has 0 atom stereocenters. The van der Waals surface area contributed by atoms with Crippen LogP contribution in [0, 0.1) is 6.92 Å². The summed E-state index contributed by atoms with van der Waals surface area (Å²) >= 11 is 0. The number of furan rings is 1. The van der Waals surface area contributed by atoms with Crippen molar-refractivity contribution in [2.75, 3.05) is 0 Å². The molecule has 0 saturated heterocycles. The zero-order valence-electron chi connectivity index (χ0n) is 11.3. The van der Waals surface area contributed by atoms with Crippen LogP contribution < -0.4 is 10.5 Å². The summed E-state index contributed by atoms with van der Waals surface area (Å²) in [6.07, 6.45) is -0.199. The van der Waals surface area contributed by atoms with Gasteiger partial charge in [-0.15, -0.1) is 0 Å². The minimum absolute atomic E-state index is 0.0511. The van der Waals surface area contributed by atoms with E-state index in [4.69, 9.17) is 15.3 Å². The smallest absolute Gasteiger partial charge is 0.371 e. The Morgan fingerprint density at radius 1 is 1.45 bits per heavy atom. The highest BCUT2D eigenvalue weighted by molar-refractivity contribution is 7.89. The van der Waals surface area contributed by atoms with Gasteiger partial charge in [0, 0.05) is 18.0 Å². The number of primary amides is 1. The lowest BCUT2D eigenvalue weighted by Crippen LogP contribution is -2.45. The van der Waals surface area contributed by atoms with Gasteiger partial charge in [0.2, 0.25) is 21.7 Å². The van der Waals surface area contributed by atoms with E-state index < -0.39 is 33.2 Å². The summed E-state index contributed by atoms with van der Waals surface area (Å²) < 4.78 is 31.5. The predicted molar refractivity (Wildman–Crippen MR) is 68.6 cm³/mol. The van der Waals surface area contributed by atoms with Crippen molar-refractivity contribution in [2.24, 2.45) is 5.73 Å². The number of nitrogens with two attached hydrogens (primary N) is 1. The Bertz CT molecular complexity index is 644. The predicted octanol–water partition coefficient (Wildman–Crippen LogP) is 0.219. The molecule has 1 aromatic rings. The lowest BCUT2D eigenvalue weighted by molar-refractivity contribution is -0.119. The third kappa shape index (κ3) is 3.81. The molecule has 0 radical (unpaired) electrons. The van der Waals surface area contributed by atoms with E-state index in [1.54, 1.807) is 0 Å². The van der Waals surface area contributed by atoms with Crippen LogP contribution in [0.15, 0.2) is 15.4 Å². The van der Waals surface area contributed by atoms with Gasteiger partial charge in [0.25, 0.3) is 0 Å². The van der Waals surface area contributed by atoms with E-state index in [9.17, 15) is 18.0 Å². The van der Waals surface area contributed by atoms with Crippen LogP contribution in [0.1, 0.15) is 36.6 Å². The van der Waals surface area contributed by atoms with Crippen LogP contribution in [0.2, 0.25) is 0 Å². The van der Waals surface area contributed by atoms with Crippen LogP contribution in [0.25, 0.3) is 0 Å². The van der Waals surface area contributed by atoms with Gasteiger partial charge < -0.3 is 15.3 Å². The molecule has 0 aromatic carbocycles. The van der Waals surface area contributed by atoms with Crippen molar-refractivity contribution < 1.29 is 27.5 Å². The number of aromatic carboxylic acids is 1. The maximum absolute atomic E-state index is 12.2.